The van der Waals surface area contributed by atoms with Gasteiger partial charge in [0.05, 0.1) is 12.2 Å². The summed E-state index contributed by atoms with van der Waals surface area (Å²) in [6.07, 6.45) is 8.06. The van der Waals surface area contributed by atoms with Crippen LogP contribution < -0.4 is 0 Å². The van der Waals surface area contributed by atoms with Gasteiger partial charge in [0.2, 0.25) is 0 Å². The van der Waals surface area contributed by atoms with Crippen LogP contribution in [0.15, 0.2) is 0 Å². The van der Waals surface area contributed by atoms with Gasteiger partial charge in [-0.15, -0.1) is 0 Å². The first-order chi connectivity index (χ1) is 8.76. The largest absolute Gasteiger partial charge is 0.396 e. The maximum Gasteiger partial charge on any atom is 0.0579 e. The van der Waals surface area contributed by atoms with E-state index in [2.05, 4.69) is 6.92 Å². The van der Waals surface area contributed by atoms with Gasteiger partial charge < -0.3 is 14.9 Å². The van der Waals surface area contributed by atoms with Crippen LogP contribution >= 0.6 is 0 Å². The molecular formula is C15H32O3. The number of unbranched alkanes of at least 4 members (excludes halogenated alkanes) is 1. The Labute approximate surface area is 113 Å². The summed E-state index contributed by atoms with van der Waals surface area (Å²) in [6, 6.07) is 0. The Kier molecular flexibility index (Phi) is 11.9. The fourth-order valence-electron chi connectivity index (χ4n) is 2.39. The smallest absolute Gasteiger partial charge is 0.0579 e. The summed E-state index contributed by atoms with van der Waals surface area (Å²) >= 11 is 0. The second-order valence-electron chi connectivity index (χ2n) is 4.99. The van der Waals surface area contributed by atoms with Gasteiger partial charge >= 0.3 is 0 Å². The minimum absolute atomic E-state index is 0.286. The van der Waals surface area contributed by atoms with Gasteiger partial charge in [0.15, 0.2) is 0 Å². The second kappa shape index (κ2) is 11.9. The van der Waals surface area contributed by atoms with E-state index in [0.29, 0.717) is 24.7 Å². The average Bonchev–Trinajstić information content (AvgIpc) is 2.42. The summed E-state index contributed by atoms with van der Waals surface area (Å²) in [7, 11) is 0. The zero-order valence-electron chi connectivity index (χ0n) is 12.4. The SMILES string of the molecule is CC.CC(CCCCO)OC1CCC(CO)CC1. The number of ether oxygens (including phenoxy) is 1. The topological polar surface area (TPSA) is 49.7 Å². The highest BCUT2D eigenvalue weighted by Crippen LogP contribution is 2.27. The number of aliphatic hydroxyl groups is 2. The van der Waals surface area contributed by atoms with E-state index in [0.717, 1.165) is 44.9 Å². The quantitative estimate of drug-likeness (QED) is 0.691. The maximum atomic E-state index is 9.04. The maximum absolute atomic E-state index is 9.04. The molecule has 0 aromatic heterocycles. The predicted molar refractivity (Wildman–Crippen MR) is 75.7 cm³/mol. The third-order valence-corrected chi connectivity index (χ3v) is 3.50. The molecular weight excluding hydrogens is 228 g/mol. The van der Waals surface area contributed by atoms with E-state index in [-0.39, 0.29) is 6.61 Å². The molecule has 0 bridgehead atoms. The molecule has 1 unspecified atom stereocenters. The Balaban J connectivity index is 0.00000137. The van der Waals surface area contributed by atoms with Crippen molar-refractivity contribution in [2.45, 2.75) is 77.9 Å². The van der Waals surface area contributed by atoms with Crippen LogP contribution in [0.2, 0.25) is 0 Å². The number of rotatable bonds is 7. The van der Waals surface area contributed by atoms with Crippen LogP contribution in [0.4, 0.5) is 0 Å². The van der Waals surface area contributed by atoms with Gasteiger partial charge in [0, 0.05) is 13.2 Å². The Morgan fingerprint density at radius 3 is 2.17 bits per heavy atom. The predicted octanol–water partition coefficient (Wildman–Crippen LogP) is 3.13. The van der Waals surface area contributed by atoms with E-state index in [1.807, 2.05) is 13.8 Å². The summed E-state index contributed by atoms with van der Waals surface area (Å²) in [4.78, 5) is 0. The second-order valence-corrected chi connectivity index (χ2v) is 4.99. The lowest BCUT2D eigenvalue weighted by molar-refractivity contribution is -0.0358. The van der Waals surface area contributed by atoms with Gasteiger partial charge in [0.25, 0.3) is 0 Å². The van der Waals surface area contributed by atoms with Crippen molar-refractivity contribution in [3.05, 3.63) is 0 Å². The number of aliphatic hydroxyl groups excluding tert-OH is 2. The average molecular weight is 260 g/mol. The molecule has 0 aliphatic heterocycles. The van der Waals surface area contributed by atoms with Crippen molar-refractivity contribution in [3.8, 4) is 0 Å². The molecule has 110 valence electrons. The van der Waals surface area contributed by atoms with Crippen LogP contribution in [0.5, 0.6) is 0 Å². The van der Waals surface area contributed by atoms with Crippen LogP contribution in [-0.4, -0.2) is 35.6 Å². The molecule has 1 aliphatic rings. The van der Waals surface area contributed by atoms with Crippen molar-refractivity contribution in [2.24, 2.45) is 5.92 Å². The minimum atomic E-state index is 0.286. The van der Waals surface area contributed by atoms with Crippen molar-refractivity contribution in [2.75, 3.05) is 13.2 Å². The van der Waals surface area contributed by atoms with E-state index < -0.39 is 0 Å². The monoisotopic (exact) mass is 260 g/mol. The fourth-order valence-corrected chi connectivity index (χ4v) is 2.39. The van der Waals surface area contributed by atoms with Gasteiger partial charge in [-0.05, 0) is 57.8 Å². The van der Waals surface area contributed by atoms with Crippen molar-refractivity contribution < 1.29 is 14.9 Å². The Morgan fingerprint density at radius 1 is 1.06 bits per heavy atom. The molecule has 1 atom stereocenters. The van der Waals surface area contributed by atoms with Crippen LogP contribution in [0.1, 0.15) is 65.7 Å². The Bertz CT molecular complexity index is 165. The summed E-state index contributed by atoms with van der Waals surface area (Å²) < 4.78 is 5.97. The molecule has 1 rings (SSSR count). The van der Waals surface area contributed by atoms with Crippen molar-refractivity contribution in [3.63, 3.8) is 0 Å². The molecule has 18 heavy (non-hydrogen) atoms. The van der Waals surface area contributed by atoms with Crippen LogP contribution in [0, 0.1) is 5.92 Å². The molecule has 3 heteroatoms. The van der Waals surface area contributed by atoms with Crippen LogP contribution in [-0.2, 0) is 4.74 Å². The number of hydrogen-bond acceptors (Lipinski definition) is 3. The van der Waals surface area contributed by atoms with E-state index in [9.17, 15) is 0 Å². The van der Waals surface area contributed by atoms with E-state index in [1.165, 1.54) is 0 Å². The summed E-state index contributed by atoms with van der Waals surface area (Å²) in [5.41, 5.74) is 0. The fraction of sp³-hybridized carbons (Fsp3) is 1.00. The molecule has 0 spiro atoms. The summed E-state index contributed by atoms with van der Waals surface area (Å²) in [5.74, 6) is 0.504. The van der Waals surface area contributed by atoms with Gasteiger partial charge in [0.1, 0.15) is 0 Å². The highest BCUT2D eigenvalue weighted by atomic mass is 16.5. The molecule has 0 aromatic rings. The molecule has 0 saturated heterocycles. The lowest BCUT2D eigenvalue weighted by Gasteiger charge is -2.29. The summed E-state index contributed by atoms with van der Waals surface area (Å²) in [5, 5.41) is 17.7. The lowest BCUT2D eigenvalue weighted by atomic mass is 9.88. The first-order valence-electron chi connectivity index (χ1n) is 7.63. The molecule has 1 aliphatic carbocycles. The lowest BCUT2D eigenvalue weighted by Crippen LogP contribution is -2.26. The Hall–Kier alpha value is -0.120. The third-order valence-electron chi connectivity index (χ3n) is 3.50. The third kappa shape index (κ3) is 8.06. The first kappa shape index (κ1) is 17.9. The molecule has 1 saturated carbocycles. The molecule has 3 nitrogen and oxygen atoms in total. The van der Waals surface area contributed by atoms with Crippen LogP contribution in [0.3, 0.4) is 0 Å². The van der Waals surface area contributed by atoms with Gasteiger partial charge in [-0.25, -0.2) is 0 Å². The number of hydrogen-bond donors (Lipinski definition) is 2. The zero-order valence-corrected chi connectivity index (χ0v) is 12.4. The summed E-state index contributed by atoms with van der Waals surface area (Å²) in [6.45, 7) is 6.74. The van der Waals surface area contributed by atoms with Gasteiger partial charge in [-0.1, -0.05) is 13.8 Å². The van der Waals surface area contributed by atoms with Crippen molar-refractivity contribution in [1.82, 2.24) is 0 Å². The highest BCUT2D eigenvalue weighted by Gasteiger charge is 2.22. The molecule has 1 fully saturated rings. The van der Waals surface area contributed by atoms with E-state index in [4.69, 9.17) is 14.9 Å². The molecule has 0 radical (unpaired) electrons. The van der Waals surface area contributed by atoms with Crippen molar-refractivity contribution >= 4 is 0 Å². The van der Waals surface area contributed by atoms with Crippen molar-refractivity contribution in [1.29, 1.82) is 0 Å². The van der Waals surface area contributed by atoms with E-state index >= 15 is 0 Å². The molecule has 2 N–H and O–H groups in total. The van der Waals surface area contributed by atoms with Crippen LogP contribution in [0.25, 0.3) is 0 Å². The standard InChI is InChI=1S/C13H26O3.C2H6/c1-11(4-2-3-9-14)16-13-7-5-12(10-15)6-8-13;1-2/h11-15H,2-10H2,1H3;1-2H3. The normalized spacial score (nSPS) is 25.2. The van der Waals surface area contributed by atoms with E-state index in [1.54, 1.807) is 0 Å². The molecule has 0 amide bonds. The molecule has 0 heterocycles. The van der Waals surface area contributed by atoms with Gasteiger partial charge in [-0.3, -0.25) is 0 Å². The highest BCUT2D eigenvalue weighted by molar-refractivity contribution is 4.73. The zero-order chi connectivity index (χ0) is 13.8. The van der Waals surface area contributed by atoms with Gasteiger partial charge in [-0.2, -0.15) is 0 Å². The minimum Gasteiger partial charge on any atom is -0.396 e. The Morgan fingerprint density at radius 2 is 1.67 bits per heavy atom. The molecule has 0 aromatic carbocycles. The first-order valence-corrected chi connectivity index (χ1v) is 7.63.